The first-order valence-electron chi connectivity index (χ1n) is 7.64. The van der Waals surface area contributed by atoms with Crippen LogP contribution in [0.3, 0.4) is 0 Å². The number of nitrogens with zero attached hydrogens (tertiary/aromatic N) is 1. The summed E-state index contributed by atoms with van der Waals surface area (Å²) < 4.78 is 43.6. The molecule has 3 rings (SSSR count). The SMILES string of the molecule is ONc1ccc(N2CCC(c3cc(Cl)cc(I)c3)(C(F)(F)F)C2)cc1Br. The predicted octanol–water partition coefficient (Wildman–Crippen LogP) is 6.22. The van der Waals surface area contributed by atoms with E-state index in [0.29, 0.717) is 24.4 Å². The number of rotatable bonds is 3. The first-order chi connectivity index (χ1) is 12.2. The van der Waals surface area contributed by atoms with Gasteiger partial charge in [-0.05, 0) is 86.9 Å². The number of alkyl halides is 3. The smallest absolute Gasteiger partial charge is 0.370 e. The van der Waals surface area contributed by atoms with Crippen LogP contribution >= 0.6 is 50.1 Å². The van der Waals surface area contributed by atoms with E-state index in [1.165, 1.54) is 6.07 Å². The number of halogens is 6. The molecule has 1 unspecified atom stereocenters. The fraction of sp³-hybridized carbons (Fsp3) is 0.294. The normalized spacial score (nSPS) is 20.5. The van der Waals surface area contributed by atoms with Crippen molar-refractivity contribution in [2.75, 3.05) is 23.5 Å². The molecule has 0 spiro atoms. The summed E-state index contributed by atoms with van der Waals surface area (Å²) in [5.41, 5.74) is 1.34. The maximum absolute atomic E-state index is 14.1. The van der Waals surface area contributed by atoms with Crippen LogP contribution in [0.4, 0.5) is 24.5 Å². The van der Waals surface area contributed by atoms with E-state index in [-0.39, 0.29) is 25.1 Å². The first kappa shape index (κ1) is 20.0. The number of hydrogen-bond donors (Lipinski definition) is 2. The lowest BCUT2D eigenvalue weighted by Crippen LogP contribution is -2.45. The number of benzene rings is 2. The highest BCUT2D eigenvalue weighted by Gasteiger charge is 2.59. The Balaban J connectivity index is 2.00. The average molecular weight is 562 g/mol. The molecule has 1 heterocycles. The largest absolute Gasteiger partial charge is 0.400 e. The van der Waals surface area contributed by atoms with Crippen LogP contribution in [-0.4, -0.2) is 24.5 Å². The minimum atomic E-state index is -4.40. The van der Waals surface area contributed by atoms with E-state index in [1.807, 2.05) is 28.1 Å². The lowest BCUT2D eigenvalue weighted by molar-refractivity contribution is -0.184. The van der Waals surface area contributed by atoms with Gasteiger partial charge in [0.1, 0.15) is 5.41 Å². The van der Waals surface area contributed by atoms with E-state index in [9.17, 15) is 13.2 Å². The molecule has 0 amide bonds. The second kappa shape index (κ2) is 7.37. The summed E-state index contributed by atoms with van der Waals surface area (Å²) >= 11 is 11.3. The van der Waals surface area contributed by atoms with E-state index in [1.54, 1.807) is 35.2 Å². The third kappa shape index (κ3) is 3.65. The van der Waals surface area contributed by atoms with Crippen LogP contribution in [0.2, 0.25) is 5.02 Å². The highest BCUT2D eigenvalue weighted by Crippen LogP contribution is 2.49. The second-order valence-corrected chi connectivity index (χ2v) is 8.72. The van der Waals surface area contributed by atoms with Gasteiger partial charge in [-0.2, -0.15) is 13.2 Å². The molecule has 140 valence electrons. The van der Waals surface area contributed by atoms with Crippen LogP contribution in [0.1, 0.15) is 12.0 Å². The zero-order valence-electron chi connectivity index (χ0n) is 13.2. The van der Waals surface area contributed by atoms with Gasteiger partial charge in [0.15, 0.2) is 0 Å². The Hall–Kier alpha value is -0.710. The number of anilines is 2. The summed E-state index contributed by atoms with van der Waals surface area (Å²) in [4.78, 5) is 1.70. The van der Waals surface area contributed by atoms with Gasteiger partial charge >= 0.3 is 6.18 Å². The molecule has 2 N–H and O–H groups in total. The quantitative estimate of drug-likeness (QED) is 0.345. The number of nitrogens with one attached hydrogen (secondary N) is 1. The van der Waals surface area contributed by atoms with Gasteiger partial charge in [-0.1, -0.05) is 11.6 Å². The molecule has 0 aliphatic carbocycles. The van der Waals surface area contributed by atoms with Crippen molar-refractivity contribution < 1.29 is 18.4 Å². The zero-order chi connectivity index (χ0) is 19.1. The monoisotopic (exact) mass is 560 g/mol. The molecule has 3 nitrogen and oxygen atoms in total. The lowest BCUT2D eigenvalue weighted by Gasteiger charge is -2.33. The molecule has 0 aromatic heterocycles. The molecule has 0 radical (unpaired) electrons. The third-order valence-corrected chi connectivity index (χ3v) is 6.16. The molecule has 2 aromatic carbocycles. The first-order valence-corrected chi connectivity index (χ1v) is 9.89. The van der Waals surface area contributed by atoms with Crippen LogP contribution in [0.15, 0.2) is 40.9 Å². The predicted molar refractivity (Wildman–Crippen MR) is 108 cm³/mol. The van der Waals surface area contributed by atoms with Gasteiger partial charge in [-0.25, -0.2) is 0 Å². The molecule has 0 bridgehead atoms. The van der Waals surface area contributed by atoms with Gasteiger partial charge in [0.25, 0.3) is 0 Å². The van der Waals surface area contributed by atoms with Crippen LogP contribution in [0, 0.1) is 3.57 Å². The lowest BCUT2D eigenvalue weighted by atomic mass is 9.79. The Labute approximate surface area is 175 Å². The molecule has 9 heteroatoms. The highest BCUT2D eigenvalue weighted by molar-refractivity contribution is 14.1. The van der Waals surface area contributed by atoms with E-state index >= 15 is 0 Å². The molecule has 1 aliphatic rings. The summed E-state index contributed by atoms with van der Waals surface area (Å²) in [6.45, 7) is 0.0756. The number of hydrogen-bond acceptors (Lipinski definition) is 3. The Morgan fingerprint density at radius 1 is 1.23 bits per heavy atom. The van der Waals surface area contributed by atoms with Gasteiger partial charge in [-0.3, -0.25) is 10.7 Å². The zero-order valence-corrected chi connectivity index (χ0v) is 17.7. The van der Waals surface area contributed by atoms with E-state index in [0.717, 1.165) is 0 Å². The van der Waals surface area contributed by atoms with Crippen molar-refractivity contribution in [1.29, 1.82) is 0 Å². The van der Waals surface area contributed by atoms with Crippen LogP contribution in [0.5, 0.6) is 0 Å². The maximum atomic E-state index is 14.1. The van der Waals surface area contributed by atoms with Crippen molar-refractivity contribution in [1.82, 2.24) is 0 Å². The van der Waals surface area contributed by atoms with Crippen LogP contribution in [-0.2, 0) is 5.41 Å². The summed E-state index contributed by atoms with van der Waals surface area (Å²) in [7, 11) is 0. The average Bonchev–Trinajstić information content (AvgIpc) is 3.00. The summed E-state index contributed by atoms with van der Waals surface area (Å²) in [5.74, 6) is 0. The van der Waals surface area contributed by atoms with Gasteiger partial charge < -0.3 is 4.90 Å². The van der Waals surface area contributed by atoms with E-state index in [4.69, 9.17) is 16.8 Å². The topological polar surface area (TPSA) is 35.5 Å². The molecule has 1 aliphatic heterocycles. The fourth-order valence-electron chi connectivity index (χ4n) is 3.28. The standard InChI is InChI=1S/C17H14BrClF3IN2O/c18-14-8-13(1-2-15(14)24-26)25-4-3-16(9-25,17(20,21)22)10-5-11(19)7-12(23)6-10/h1-2,5-8,24,26H,3-4,9H2. The van der Waals surface area contributed by atoms with Crippen molar-refractivity contribution in [3.8, 4) is 0 Å². The molecular formula is C17H14BrClF3IN2O. The fourth-order valence-corrected chi connectivity index (χ4v) is 4.83. The van der Waals surface area contributed by atoms with Gasteiger partial charge in [0.2, 0.25) is 0 Å². The minimum absolute atomic E-state index is 0.0510. The van der Waals surface area contributed by atoms with Crippen molar-refractivity contribution in [2.45, 2.75) is 18.0 Å². The summed E-state index contributed by atoms with van der Waals surface area (Å²) in [6, 6.07) is 9.58. The van der Waals surface area contributed by atoms with Crippen molar-refractivity contribution in [2.24, 2.45) is 0 Å². The molecule has 1 atom stereocenters. The van der Waals surface area contributed by atoms with Crippen molar-refractivity contribution >= 4 is 61.5 Å². The molecule has 1 saturated heterocycles. The maximum Gasteiger partial charge on any atom is 0.400 e. The molecule has 0 saturated carbocycles. The van der Waals surface area contributed by atoms with Gasteiger partial charge in [0.05, 0.1) is 5.69 Å². The molecule has 1 fully saturated rings. The molecule has 2 aromatic rings. The molecule has 26 heavy (non-hydrogen) atoms. The second-order valence-electron chi connectivity index (χ2n) is 6.19. The van der Waals surface area contributed by atoms with E-state index < -0.39 is 11.6 Å². The van der Waals surface area contributed by atoms with Gasteiger partial charge in [-0.15, -0.1) is 0 Å². The Morgan fingerprint density at radius 2 is 1.96 bits per heavy atom. The molecular weight excluding hydrogens is 547 g/mol. The summed E-state index contributed by atoms with van der Waals surface area (Å²) in [6.07, 6.45) is -4.45. The van der Waals surface area contributed by atoms with Gasteiger partial charge in [0, 0.05) is 31.8 Å². The van der Waals surface area contributed by atoms with Crippen molar-refractivity contribution in [3.63, 3.8) is 0 Å². The van der Waals surface area contributed by atoms with Crippen LogP contribution < -0.4 is 10.4 Å². The highest BCUT2D eigenvalue weighted by atomic mass is 127. The van der Waals surface area contributed by atoms with E-state index in [2.05, 4.69) is 15.9 Å². The Kier molecular flexibility index (Phi) is 5.68. The Morgan fingerprint density at radius 3 is 2.54 bits per heavy atom. The Bertz CT molecular complexity index is 816. The minimum Gasteiger partial charge on any atom is -0.370 e. The van der Waals surface area contributed by atoms with Crippen LogP contribution in [0.25, 0.3) is 0 Å². The summed E-state index contributed by atoms with van der Waals surface area (Å²) in [5, 5.41) is 9.31. The van der Waals surface area contributed by atoms with Crippen molar-refractivity contribution in [3.05, 3.63) is 55.0 Å². The third-order valence-electron chi connectivity index (χ3n) is 4.67.